The molecule has 2 rings (SSSR count). The second-order valence-electron chi connectivity index (χ2n) is 3.91. The van der Waals surface area contributed by atoms with Crippen LogP contribution in [-0.2, 0) is 11.2 Å². The van der Waals surface area contributed by atoms with E-state index in [2.05, 4.69) is 17.1 Å². The van der Waals surface area contributed by atoms with E-state index in [0.29, 0.717) is 6.42 Å². The van der Waals surface area contributed by atoms with Crippen LogP contribution >= 0.6 is 0 Å². The summed E-state index contributed by atoms with van der Waals surface area (Å²) < 4.78 is 0. The summed E-state index contributed by atoms with van der Waals surface area (Å²) in [5.74, 6) is -0.295. The Balaban J connectivity index is 2.67. The van der Waals surface area contributed by atoms with Crippen molar-refractivity contribution in [2.75, 3.05) is 0 Å². The van der Waals surface area contributed by atoms with Crippen LogP contribution in [-0.4, -0.2) is 10.9 Å². The number of nitrogens with two attached hydrogens (primary N) is 1. The molecule has 2 aromatic rings. The van der Waals surface area contributed by atoms with Crippen LogP contribution in [0.25, 0.3) is 10.9 Å². The normalized spacial score (nSPS) is 10.8. The molecule has 0 fully saturated rings. The number of carbonyl (C=O) groups excluding carboxylic acids is 1. The molecule has 0 aliphatic heterocycles. The maximum Gasteiger partial charge on any atom is 0.221 e. The molecule has 0 saturated heterocycles. The molecule has 15 heavy (non-hydrogen) atoms. The highest BCUT2D eigenvalue weighted by atomic mass is 16.1. The van der Waals surface area contributed by atoms with Gasteiger partial charge >= 0.3 is 0 Å². The number of benzene rings is 1. The Kier molecular flexibility index (Phi) is 2.23. The summed E-state index contributed by atoms with van der Waals surface area (Å²) in [6, 6.07) is 4.14. The molecule has 1 amide bonds. The van der Waals surface area contributed by atoms with Crippen LogP contribution in [0.4, 0.5) is 0 Å². The first kappa shape index (κ1) is 9.77. The van der Waals surface area contributed by atoms with Gasteiger partial charge in [0.2, 0.25) is 5.91 Å². The number of primary amides is 1. The lowest BCUT2D eigenvalue weighted by atomic mass is 10.0. The molecule has 1 heterocycles. The average Bonchev–Trinajstić information content (AvgIpc) is 2.56. The summed E-state index contributed by atoms with van der Waals surface area (Å²) in [7, 11) is 0. The highest BCUT2D eigenvalue weighted by Gasteiger charge is 2.09. The fourth-order valence-corrected chi connectivity index (χ4v) is 1.97. The van der Waals surface area contributed by atoms with Crippen LogP contribution in [0, 0.1) is 13.8 Å². The fraction of sp³-hybridized carbons (Fsp3) is 0.250. The molecule has 1 aromatic carbocycles. The van der Waals surface area contributed by atoms with Gasteiger partial charge < -0.3 is 10.7 Å². The minimum Gasteiger partial charge on any atom is -0.369 e. The molecule has 0 saturated carbocycles. The quantitative estimate of drug-likeness (QED) is 0.766. The van der Waals surface area contributed by atoms with Crippen molar-refractivity contribution in [3.8, 4) is 0 Å². The topological polar surface area (TPSA) is 58.9 Å². The summed E-state index contributed by atoms with van der Waals surface area (Å²) >= 11 is 0. The minimum absolute atomic E-state index is 0.295. The number of nitrogens with one attached hydrogen (secondary N) is 1. The molecule has 0 unspecified atom stereocenters. The lowest BCUT2D eigenvalue weighted by molar-refractivity contribution is -0.117. The zero-order valence-corrected chi connectivity index (χ0v) is 8.92. The molecular weight excluding hydrogens is 188 g/mol. The van der Waals surface area contributed by atoms with Crippen molar-refractivity contribution in [1.29, 1.82) is 0 Å². The fourth-order valence-electron chi connectivity index (χ4n) is 1.97. The molecule has 0 bridgehead atoms. The Morgan fingerprint density at radius 1 is 1.33 bits per heavy atom. The number of aryl methyl sites for hydroxylation is 2. The van der Waals surface area contributed by atoms with Gasteiger partial charge in [-0.25, -0.2) is 0 Å². The molecule has 0 aliphatic rings. The van der Waals surface area contributed by atoms with Crippen LogP contribution in [0.1, 0.15) is 16.7 Å². The Bertz CT molecular complexity index is 526. The largest absolute Gasteiger partial charge is 0.369 e. The Morgan fingerprint density at radius 2 is 2.00 bits per heavy atom. The number of carbonyl (C=O) groups is 1. The maximum absolute atomic E-state index is 10.9. The summed E-state index contributed by atoms with van der Waals surface area (Å²) in [4.78, 5) is 14.1. The monoisotopic (exact) mass is 202 g/mol. The van der Waals surface area contributed by atoms with Crippen LogP contribution in [0.2, 0.25) is 0 Å². The van der Waals surface area contributed by atoms with Crippen LogP contribution in [0.3, 0.4) is 0 Å². The predicted octanol–water partition coefficient (Wildman–Crippen LogP) is 1.81. The molecule has 0 aliphatic carbocycles. The van der Waals surface area contributed by atoms with Crippen molar-refractivity contribution < 1.29 is 4.79 Å². The zero-order chi connectivity index (χ0) is 11.0. The Hall–Kier alpha value is -1.77. The number of rotatable bonds is 2. The third kappa shape index (κ3) is 1.61. The lowest BCUT2D eigenvalue weighted by Gasteiger charge is -2.02. The summed E-state index contributed by atoms with van der Waals surface area (Å²) in [6.45, 7) is 4.09. The highest BCUT2D eigenvalue weighted by Crippen LogP contribution is 2.25. The lowest BCUT2D eigenvalue weighted by Crippen LogP contribution is -2.13. The van der Waals surface area contributed by atoms with Gasteiger partial charge in [0, 0.05) is 17.1 Å². The Labute approximate surface area is 88.3 Å². The van der Waals surface area contributed by atoms with E-state index in [0.717, 1.165) is 16.5 Å². The number of aromatic nitrogens is 1. The van der Waals surface area contributed by atoms with Gasteiger partial charge in [0.15, 0.2) is 0 Å². The van der Waals surface area contributed by atoms with E-state index >= 15 is 0 Å². The smallest absolute Gasteiger partial charge is 0.221 e. The molecule has 0 atom stereocenters. The van der Waals surface area contributed by atoms with Crippen molar-refractivity contribution in [3.63, 3.8) is 0 Å². The molecule has 3 N–H and O–H groups in total. The first-order valence-corrected chi connectivity index (χ1v) is 4.94. The number of amides is 1. The maximum atomic E-state index is 10.9. The molecule has 3 nitrogen and oxygen atoms in total. The first-order valence-electron chi connectivity index (χ1n) is 4.94. The van der Waals surface area contributed by atoms with Gasteiger partial charge in [-0.15, -0.1) is 0 Å². The van der Waals surface area contributed by atoms with Gasteiger partial charge in [-0.2, -0.15) is 0 Å². The van der Waals surface area contributed by atoms with E-state index in [1.165, 1.54) is 11.1 Å². The summed E-state index contributed by atoms with van der Waals surface area (Å²) in [6.07, 6.45) is 2.17. The van der Waals surface area contributed by atoms with Gasteiger partial charge in [-0.3, -0.25) is 4.79 Å². The SMILES string of the molecule is Cc1ccc(C)c2c(CC(N)=O)c[nH]c12. The van der Waals surface area contributed by atoms with Gasteiger partial charge in [0.25, 0.3) is 0 Å². The average molecular weight is 202 g/mol. The molecule has 0 spiro atoms. The van der Waals surface area contributed by atoms with Gasteiger partial charge in [-0.05, 0) is 30.5 Å². The van der Waals surface area contributed by atoms with Crippen molar-refractivity contribution in [2.45, 2.75) is 20.3 Å². The summed E-state index contributed by atoms with van der Waals surface area (Å²) in [5, 5.41) is 1.13. The van der Waals surface area contributed by atoms with E-state index in [1.54, 1.807) is 0 Å². The van der Waals surface area contributed by atoms with E-state index < -0.39 is 0 Å². The third-order valence-electron chi connectivity index (χ3n) is 2.70. The molecule has 78 valence electrons. The molecule has 1 aromatic heterocycles. The van der Waals surface area contributed by atoms with E-state index in [-0.39, 0.29) is 5.91 Å². The first-order chi connectivity index (χ1) is 7.09. The van der Waals surface area contributed by atoms with Crippen molar-refractivity contribution in [3.05, 3.63) is 35.0 Å². The highest BCUT2D eigenvalue weighted by molar-refractivity contribution is 5.92. The molecule has 3 heteroatoms. The summed E-state index contributed by atoms with van der Waals surface area (Å²) in [5.41, 5.74) is 9.66. The van der Waals surface area contributed by atoms with Crippen LogP contribution < -0.4 is 5.73 Å². The van der Waals surface area contributed by atoms with Gasteiger partial charge in [-0.1, -0.05) is 12.1 Å². The Morgan fingerprint density at radius 3 is 2.67 bits per heavy atom. The van der Waals surface area contributed by atoms with E-state index in [1.807, 2.05) is 20.0 Å². The zero-order valence-electron chi connectivity index (χ0n) is 8.92. The van der Waals surface area contributed by atoms with Gasteiger partial charge in [0.1, 0.15) is 0 Å². The second kappa shape index (κ2) is 3.42. The standard InChI is InChI=1S/C12H14N2O/c1-7-3-4-8(2)12-11(7)9(6-14-12)5-10(13)15/h3-4,6,14H,5H2,1-2H3,(H2,13,15). The minimum atomic E-state index is -0.295. The van der Waals surface area contributed by atoms with Crippen LogP contribution in [0.5, 0.6) is 0 Å². The number of hydrogen-bond acceptors (Lipinski definition) is 1. The number of H-pyrrole nitrogens is 1. The van der Waals surface area contributed by atoms with Crippen LogP contribution in [0.15, 0.2) is 18.3 Å². The number of aromatic amines is 1. The third-order valence-corrected chi connectivity index (χ3v) is 2.70. The van der Waals surface area contributed by atoms with Crippen molar-refractivity contribution in [2.24, 2.45) is 5.73 Å². The van der Waals surface area contributed by atoms with Crippen molar-refractivity contribution >= 4 is 16.8 Å². The molecular formula is C12H14N2O. The van der Waals surface area contributed by atoms with E-state index in [9.17, 15) is 4.79 Å². The number of hydrogen-bond donors (Lipinski definition) is 2. The van der Waals surface area contributed by atoms with Gasteiger partial charge in [0.05, 0.1) is 6.42 Å². The molecule has 0 radical (unpaired) electrons. The second-order valence-corrected chi connectivity index (χ2v) is 3.91. The van der Waals surface area contributed by atoms with Crippen molar-refractivity contribution in [1.82, 2.24) is 4.98 Å². The number of fused-ring (bicyclic) bond motifs is 1. The van der Waals surface area contributed by atoms with E-state index in [4.69, 9.17) is 5.73 Å². The predicted molar refractivity (Wildman–Crippen MR) is 60.7 cm³/mol.